The SMILES string of the molecule is CCCCCCCNC(=O)SCCCCC. The fourth-order valence-electron chi connectivity index (χ4n) is 1.49. The fraction of sp³-hybridized carbons (Fsp3) is 0.923. The highest BCUT2D eigenvalue weighted by Gasteiger charge is 2.00. The number of hydrogen-bond donors (Lipinski definition) is 1. The molecule has 1 amide bonds. The number of carbonyl (C=O) groups is 1. The molecule has 0 unspecified atom stereocenters. The van der Waals surface area contributed by atoms with Gasteiger partial charge in [0.15, 0.2) is 0 Å². The number of carbonyl (C=O) groups excluding carboxylic acids is 1. The molecule has 2 nitrogen and oxygen atoms in total. The molecule has 0 aromatic heterocycles. The van der Waals surface area contributed by atoms with Crippen LogP contribution in [0.15, 0.2) is 0 Å². The van der Waals surface area contributed by atoms with Crippen molar-refractivity contribution in [2.45, 2.75) is 65.2 Å². The number of unbranched alkanes of at least 4 members (excludes halogenated alkanes) is 6. The summed E-state index contributed by atoms with van der Waals surface area (Å²) in [5, 5.41) is 3.12. The van der Waals surface area contributed by atoms with Crippen molar-refractivity contribution in [3.63, 3.8) is 0 Å². The molecule has 0 saturated heterocycles. The van der Waals surface area contributed by atoms with E-state index in [1.807, 2.05) is 0 Å². The lowest BCUT2D eigenvalue weighted by Crippen LogP contribution is -2.20. The normalized spacial score (nSPS) is 10.4. The van der Waals surface area contributed by atoms with E-state index in [-0.39, 0.29) is 5.24 Å². The first kappa shape index (κ1) is 15.8. The third-order valence-electron chi connectivity index (χ3n) is 2.53. The fourth-order valence-corrected chi connectivity index (χ4v) is 2.22. The average Bonchev–Trinajstić information content (AvgIpc) is 2.29. The van der Waals surface area contributed by atoms with Gasteiger partial charge in [-0.1, -0.05) is 64.1 Å². The Morgan fingerprint density at radius 3 is 2.25 bits per heavy atom. The van der Waals surface area contributed by atoms with Crippen molar-refractivity contribution in [3.05, 3.63) is 0 Å². The molecule has 0 rings (SSSR count). The molecule has 0 spiro atoms. The molecule has 0 radical (unpaired) electrons. The Labute approximate surface area is 105 Å². The van der Waals surface area contributed by atoms with Gasteiger partial charge in [-0.2, -0.15) is 0 Å². The van der Waals surface area contributed by atoms with Crippen LogP contribution < -0.4 is 5.32 Å². The zero-order chi connectivity index (χ0) is 12.1. The molecule has 0 atom stereocenters. The Kier molecular flexibility index (Phi) is 12.7. The van der Waals surface area contributed by atoms with E-state index in [9.17, 15) is 4.79 Å². The van der Waals surface area contributed by atoms with Crippen molar-refractivity contribution in [2.24, 2.45) is 0 Å². The number of hydrogen-bond acceptors (Lipinski definition) is 2. The van der Waals surface area contributed by atoms with Gasteiger partial charge < -0.3 is 5.32 Å². The summed E-state index contributed by atoms with van der Waals surface area (Å²) in [6, 6.07) is 0. The zero-order valence-corrected chi connectivity index (χ0v) is 11.7. The average molecular weight is 245 g/mol. The van der Waals surface area contributed by atoms with Gasteiger partial charge in [-0.25, -0.2) is 0 Å². The van der Waals surface area contributed by atoms with Crippen LogP contribution in [-0.4, -0.2) is 17.5 Å². The summed E-state index contributed by atoms with van der Waals surface area (Å²) in [6.07, 6.45) is 9.88. The van der Waals surface area contributed by atoms with Crippen LogP contribution in [0.2, 0.25) is 0 Å². The lowest BCUT2D eigenvalue weighted by Gasteiger charge is -2.04. The first-order chi connectivity index (χ1) is 7.81. The maximum absolute atomic E-state index is 11.3. The maximum atomic E-state index is 11.3. The predicted molar refractivity (Wildman–Crippen MR) is 74.1 cm³/mol. The van der Waals surface area contributed by atoms with Gasteiger partial charge in [0.1, 0.15) is 0 Å². The largest absolute Gasteiger partial charge is 0.347 e. The van der Waals surface area contributed by atoms with E-state index in [1.165, 1.54) is 50.3 Å². The Morgan fingerprint density at radius 2 is 1.56 bits per heavy atom. The van der Waals surface area contributed by atoms with Gasteiger partial charge in [-0.15, -0.1) is 0 Å². The lowest BCUT2D eigenvalue weighted by molar-refractivity contribution is 0.260. The van der Waals surface area contributed by atoms with E-state index in [0.717, 1.165) is 25.1 Å². The van der Waals surface area contributed by atoms with Crippen LogP contribution in [0.25, 0.3) is 0 Å². The topological polar surface area (TPSA) is 29.1 Å². The number of nitrogens with one attached hydrogen (secondary N) is 1. The molecule has 0 fully saturated rings. The second kappa shape index (κ2) is 12.9. The van der Waals surface area contributed by atoms with Crippen molar-refractivity contribution in [1.29, 1.82) is 0 Å². The first-order valence-corrected chi connectivity index (χ1v) is 7.70. The van der Waals surface area contributed by atoms with Crippen molar-refractivity contribution in [3.8, 4) is 0 Å². The monoisotopic (exact) mass is 245 g/mol. The lowest BCUT2D eigenvalue weighted by atomic mass is 10.1. The van der Waals surface area contributed by atoms with Crippen LogP contribution >= 0.6 is 11.8 Å². The van der Waals surface area contributed by atoms with Gasteiger partial charge in [-0.3, -0.25) is 4.79 Å². The summed E-state index contributed by atoms with van der Waals surface area (Å²) < 4.78 is 0. The summed E-state index contributed by atoms with van der Waals surface area (Å²) >= 11 is 1.43. The predicted octanol–water partition coefficient (Wildman–Crippen LogP) is 4.59. The molecular formula is C13H27NOS. The zero-order valence-electron chi connectivity index (χ0n) is 10.9. The van der Waals surface area contributed by atoms with Crippen LogP contribution in [0.1, 0.15) is 65.2 Å². The third kappa shape index (κ3) is 11.9. The molecule has 0 aromatic carbocycles. The van der Waals surface area contributed by atoms with E-state index in [2.05, 4.69) is 19.2 Å². The van der Waals surface area contributed by atoms with E-state index < -0.39 is 0 Å². The Bertz CT molecular complexity index is 162. The second-order valence-corrected chi connectivity index (χ2v) is 5.25. The van der Waals surface area contributed by atoms with Crippen molar-refractivity contribution in [2.75, 3.05) is 12.3 Å². The first-order valence-electron chi connectivity index (χ1n) is 6.71. The van der Waals surface area contributed by atoms with Crippen LogP contribution in [0.5, 0.6) is 0 Å². The van der Waals surface area contributed by atoms with Crippen LogP contribution in [0.3, 0.4) is 0 Å². The van der Waals surface area contributed by atoms with Gasteiger partial charge in [0, 0.05) is 12.3 Å². The summed E-state index contributed by atoms with van der Waals surface area (Å²) in [6.45, 7) is 5.25. The summed E-state index contributed by atoms with van der Waals surface area (Å²) in [7, 11) is 0. The minimum absolute atomic E-state index is 0.159. The van der Waals surface area contributed by atoms with Crippen molar-refractivity contribution >= 4 is 17.0 Å². The summed E-state index contributed by atoms with van der Waals surface area (Å²) in [5.41, 5.74) is 0. The third-order valence-corrected chi connectivity index (χ3v) is 3.43. The van der Waals surface area contributed by atoms with Gasteiger partial charge >= 0.3 is 0 Å². The maximum Gasteiger partial charge on any atom is 0.279 e. The van der Waals surface area contributed by atoms with Gasteiger partial charge in [0.25, 0.3) is 5.24 Å². The molecule has 0 heterocycles. The van der Waals surface area contributed by atoms with Crippen LogP contribution in [-0.2, 0) is 0 Å². The number of amides is 1. The standard InChI is InChI=1S/C13H27NOS/c1-3-5-7-8-9-11-14-13(15)16-12-10-6-4-2/h3-12H2,1-2H3,(H,14,15). The molecule has 0 aliphatic carbocycles. The molecule has 0 aliphatic heterocycles. The van der Waals surface area contributed by atoms with Gasteiger partial charge in [0.2, 0.25) is 0 Å². The molecule has 16 heavy (non-hydrogen) atoms. The molecule has 1 N–H and O–H groups in total. The molecular weight excluding hydrogens is 218 g/mol. The highest BCUT2D eigenvalue weighted by molar-refractivity contribution is 8.13. The van der Waals surface area contributed by atoms with Crippen LogP contribution in [0.4, 0.5) is 4.79 Å². The Hall–Kier alpha value is -0.180. The van der Waals surface area contributed by atoms with Crippen molar-refractivity contribution < 1.29 is 4.79 Å². The minimum atomic E-state index is 0.159. The van der Waals surface area contributed by atoms with E-state index >= 15 is 0 Å². The van der Waals surface area contributed by atoms with Gasteiger partial charge in [-0.05, 0) is 12.8 Å². The molecule has 3 heteroatoms. The molecule has 0 aromatic rings. The highest BCUT2D eigenvalue weighted by atomic mass is 32.2. The van der Waals surface area contributed by atoms with Crippen molar-refractivity contribution in [1.82, 2.24) is 5.32 Å². The minimum Gasteiger partial charge on any atom is -0.347 e. The van der Waals surface area contributed by atoms with Crippen LogP contribution in [0, 0.1) is 0 Å². The quantitative estimate of drug-likeness (QED) is 0.570. The highest BCUT2D eigenvalue weighted by Crippen LogP contribution is 2.07. The van der Waals surface area contributed by atoms with Gasteiger partial charge in [0.05, 0.1) is 0 Å². The molecule has 96 valence electrons. The summed E-state index contributed by atoms with van der Waals surface area (Å²) in [4.78, 5) is 11.3. The Balaban J connectivity index is 3.11. The van der Waals surface area contributed by atoms with E-state index in [0.29, 0.717) is 0 Å². The smallest absolute Gasteiger partial charge is 0.279 e. The number of rotatable bonds is 10. The number of thioether (sulfide) groups is 1. The second-order valence-electron chi connectivity index (χ2n) is 4.18. The molecule has 0 aliphatic rings. The van der Waals surface area contributed by atoms with E-state index in [1.54, 1.807) is 0 Å². The Morgan fingerprint density at radius 1 is 0.938 bits per heavy atom. The molecule has 0 saturated carbocycles. The summed E-state index contributed by atoms with van der Waals surface area (Å²) in [5.74, 6) is 0.968. The molecule has 0 bridgehead atoms. The van der Waals surface area contributed by atoms with E-state index in [4.69, 9.17) is 0 Å².